The lowest BCUT2D eigenvalue weighted by Crippen LogP contribution is -2.16. The second-order valence-electron chi connectivity index (χ2n) is 3.74. The molecular formula is C10H11F3N6. The number of hydrogen-bond donors (Lipinski definition) is 3. The van der Waals surface area contributed by atoms with Crippen molar-refractivity contribution < 1.29 is 13.2 Å². The van der Waals surface area contributed by atoms with E-state index in [1.807, 2.05) is 0 Å². The van der Waals surface area contributed by atoms with Crippen LogP contribution in [0.15, 0.2) is 18.7 Å². The number of H-pyrrole nitrogens is 1. The van der Waals surface area contributed by atoms with Gasteiger partial charge in [0.15, 0.2) is 0 Å². The summed E-state index contributed by atoms with van der Waals surface area (Å²) in [6, 6.07) is 0. The first-order valence-corrected chi connectivity index (χ1v) is 5.37. The van der Waals surface area contributed by atoms with Gasteiger partial charge in [-0.25, -0.2) is 9.97 Å². The molecule has 6 nitrogen and oxygen atoms in total. The van der Waals surface area contributed by atoms with Crippen LogP contribution < -0.4 is 11.1 Å². The van der Waals surface area contributed by atoms with E-state index >= 15 is 0 Å². The molecule has 0 saturated carbocycles. The summed E-state index contributed by atoms with van der Waals surface area (Å²) in [6.07, 6.45) is -0.272. The van der Waals surface area contributed by atoms with Crippen molar-refractivity contribution in [1.82, 2.24) is 19.9 Å². The van der Waals surface area contributed by atoms with Gasteiger partial charge in [-0.15, -0.1) is 0 Å². The van der Waals surface area contributed by atoms with Crippen LogP contribution in [0.25, 0.3) is 0 Å². The summed E-state index contributed by atoms with van der Waals surface area (Å²) in [5.74, 6) is -0.531. The number of rotatable bonds is 4. The molecule has 9 heteroatoms. The molecule has 0 aromatic carbocycles. The number of aromatic amines is 1. The highest BCUT2D eigenvalue weighted by molar-refractivity contribution is 5.47. The van der Waals surface area contributed by atoms with Crippen LogP contribution in [0.4, 0.5) is 24.9 Å². The Balaban J connectivity index is 2.08. The van der Waals surface area contributed by atoms with Gasteiger partial charge in [0, 0.05) is 31.1 Å². The van der Waals surface area contributed by atoms with Gasteiger partial charge in [-0.05, 0) is 0 Å². The molecule has 0 aliphatic heterocycles. The van der Waals surface area contributed by atoms with E-state index in [0.717, 1.165) is 5.69 Å². The monoisotopic (exact) mass is 272 g/mol. The Morgan fingerprint density at radius 1 is 1.32 bits per heavy atom. The number of halogens is 3. The van der Waals surface area contributed by atoms with Crippen molar-refractivity contribution in [2.45, 2.75) is 12.6 Å². The standard InChI is InChI=1S/C10H11F3N6/c11-10(12,13)7-4-17-9(14)19-8(7)16-2-1-6-3-15-5-18-6/h3-5H,1-2H2,(H,15,18)(H3,14,16,17,19). The van der Waals surface area contributed by atoms with Crippen LogP contribution in [0.1, 0.15) is 11.3 Å². The zero-order chi connectivity index (χ0) is 13.9. The average molecular weight is 272 g/mol. The van der Waals surface area contributed by atoms with E-state index in [1.54, 1.807) is 6.20 Å². The van der Waals surface area contributed by atoms with E-state index < -0.39 is 11.7 Å². The highest BCUT2D eigenvalue weighted by Crippen LogP contribution is 2.33. The molecule has 0 unspecified atom stereocenters. The Kier molecular flexibility index (Phi) is 3.54. The van der Waals surface area contributed by atoms with Crippen molar-refractivity contribution in [3.63, 3.8) is 0 Å². The fourth-order valence-electron chi connectivity index (χ4n) is 1.47. The summed E-state index contributed by atoms with van der Waals surface area (Å²) in [5.41, 5.74) is 5.16. The van der Waals surface area contributed by atoms with Gasteiger partial charge in [0.2, 0.25) is 5.95 Å². The van der Waals surface area contributed by atoms with Gasteiger partial charge in [-0.3, -0.25) is 0 Å². The Hall–Kier alpha value is -2.32. The molecule has 2 heterocycles. The molecule has 0 bridgehead atoms. The van der Waals surface area contributed by atoms with Crippen LogP contribution in [0.2, 0.25) is 0 Å². The van der Waals surface area contributed by atoms with Crippen molar-refractivity contribution >= 4 is 11.8 Å². The minimum Gasteiger partial charge on any atom is -0.369 e. The number of nitrogen functional groups attached to an aromatic ring is 1. The van der Waals surface area contributed by atoms with E-state index in [0.29, 0.717) is 12.6 Å². The molecule has 0 aliphatic rings. The lowest BCUT2D eigenvalue weighted by atomic mass is 10.3. The van der Waals surface area contributed by atoms with E-state index in [-0.39, 0.29) is 18.3 Å². The number of hydrogen-bond acceptors (Lipinski definition) is 5. The third kappa shape index (κ3) is 3.33. The molecule has 0 saturated heterocycles. The number of anilines is 2. The van der Waals surface area contributed by atoms with E-state index in [2.05, 4.69) is 25.3 Å². The third-order valence-electron chi connectivity index (χ3n) is 2.35. The van der Waals surface area contributed by atoms with Crippen molar-refractivity contribution in [1.29, 1.82) is 0 Å². The zero-order valence-corrected chi connectivity index (χ0v) is 9.70. The van der Waals surface area contributed by atoms with Gasteiger partial charge in [0.25, 0.3) is 0 Å². The molecule has 0 spiro atoms. The van der Waals surface area contributed by atoms with Gasteiger partial charge < -0.3 is 16.0 Å². The maximum absolute atomic E-state index is 12.7. The molecule has 2 aromatic rings. The van der Waals surface area contributed by atoms with Crippen LogP contribution >= 0.6 is 0 Å². The number of nitrogens with two attached hydrogens (primary N) is 1. The van der Waals surface area contributed by atoms with Crippen molar-refractivity contribution in [3.05, 3.63) is 30.0 Å². The van der Waals surface area contributed by atoms with Crippen LogP contribution in [-0.2, 0) is 12.6 Å². The fraction of sp³-hybridized carbons (Fsp3) is 0.300. The zero-order valence-electron chi connectivity index (χ0n) is 9.70. The predicted octanol–water partition coefficient (Wildman–Crippen LogP) is 1.46. The number of nitrogens with zero attached hydrogens (tertiary/aromatic N) is 3. The molecule has 0 atom stereocenters. The average Bonchev–Trinajstić information content (AvgIpc) is 2.80. The molecule has 2 aromatic heterocycles. The molecule has 19 heavy (non-hydrogen) atoms. The molecule has 102 valence electrons. The quantitative estimate of drug-likeness (QED) is 0.783. The van der Waals surface area contributed by atoms with Gasteiger partial charge in [0.1, 0.15) is 11.4 Å². The van der Waals surface area contributed by atoms with Crippen LogP contribution in [0.3, 0.4) is 0 Å². The molecule has 0 amide bonds. The van der Waals surface area contributed by atoms with Crippen molar-refractivity contribution in [2.24, 2.45) is 0 Å². The van der Waals surface area contributed by atoms with Gasteiger partial charge >= 0.3 is 6.18 Å². The van der Waals surface area contributed by atoms with E-state index in [4.69, 9.17) is 5.73 Å². The largest absolute Gasteiger partial charge is 0.421 e. The lowest BCUT2D eigenvalue weighted by Gasteiger charge is -2.13. The Bertz CT molecular complexity index is 537. The Labute approximate surface area is 106 Å². The summed E-state index contributed by atoms with van der Waals surface area (Å²) in [4.78, 5) is 13.6. The molecule has 4 N–H and O–H groups in total. The Morgan fingerprint density at radius 2 is 2.11 bits per heavy atom. The first-order valence-electron chi connectivity index (χ1n) is 5.37. The normalized spacial score (nSPS) is 11.5. The second kappa shape index (κ2) is 5.12. The summed E-state index contributed by atoms with van der Waals surface area (Å²) in [5, 5.41) is 2.60. The maximum Gasteiger partial charge on any atom is 0.421 e. The molecular weight excluding hydrogens is 261 g/mol. The van der Waals surface area contributed by atoms with Gasteiger partial charge in [-0.1, -0.05) is 0 Å². The predicted molar refractivity (Wildman–Crippen MR) is 62.2 cm³/mol. The number of alkyl halides is 3. The number of imidazole rings is 1. The first kappa shape index (κ1) is 13.1. The second-order valence-corrected chi connectivity index (χ2v) is 3.74. The van der Waals surface area contributed by atoms with Crippen LogP contribution in [0.5, 0.6) is 0 Å². The smallest absolute Gasteiger partial charge is 0.369 e. The molecule has 2 rings (SSSR count). The third-order valence-corrected chi connectivity index (χ3v) is 2.35. The highest BCUT2D eigenvalue weighted by Gasteiger charge is 2.35. The first-order chi connectivity index (χ1) is 8.97. The van der Waals surface area contributed by atoms with Gasteiger partial charge in [-0.2, -0.15) is 18.2 Å². The van der Waals surface area contributed by atoms with Crippen molar-refractivity contribution in [2.75, 3.05) is 17.6 Å². The minimum atomic E-state index is -4.52. The summed E-state index contributed by atoms with van der Waals surface area (Å²) in [7, 11) is 0. The molecule has 0 aliphatic carbocycles. The summed E-state index contributed by atoms with van der Waals surface area (Å²) < 4.78 is 38.1. The van der Waals surface area contributed by atoms with Crippen LogP contribution in [-0.4, -0.2) is 26.5 Å². The number of aromatic nitrogens is 4. The van der Waals surface area contributed by atoms with Gasteiger partial charge in [0.05, 0.1) is 6.33 Å². The van der Waals surface area contributed by atoms with Crippen molar-refractivity contribution in [3.8, 4) is 0 Å². The maximum atomic E-state index is 12.7. The minimum absolute atomic E-state index is 0.211. The Morgan fingerprint density at radius 3 is 2.74 bits per heavy atom. The highest BCUT2D eigenvalue weighted by atomic mass is 19.4. The van der Waals surface area contributed by atoms with Crippen LogP contribution in [0, 0.1) is 0 Å². The van der Waals surface area contributed by atoms with E-state index in [1.165, 1.54) is 6.33 Å². The summed E-state index contributed by atoms with van der Waals surface area (Å²) >= 11 is 0. The lowest BCUT2D eigenvalue weighted by molar-refractivity contribution is -0.137. The topological polar surface area (TPSA) is 92.5 Å². The van der Waals surface area contributed by atoms with E-state index in [9.17, 15) is 13.2 Å². The number of nitrogens with one attached hydrogen (secondary N) is 2. The SMILES string of the molecule is Nc1ncc(C(F)(F)F)c(NCCc2cnc[nH]2)n1. The molecule has 0 radical (unpaired) electrons. The molecule has 0 fully saturated rings. The summed E-state index contributed by atoms with van der Waals surface area (Å²) in [6.45, 7) is 0.266. The fourth-order valence-corrected chi connectivity index (χ4v) is 1.47.